The van der Waals surface area contributed by atoms with E-state index in [-0.39, 0.29) is 17.3 Å². The molecule has 1 aliphatic heterocycles. The minimum Gasteiger partial charge on any atom is -0.383 e. The van der Waals surface area contributed by atoms with Crippen molar-refractivity contribution in [3.8, 4) is 0 Å². The molecule has 0 unspecified atom stereocenters. The summed E-state index contributed by atoms with van der Waals surface area (Å²) < 4.78 is 22.8. The van der Waals surface area contributed by atoms with Crippen LogP contribution in [0.2, 0.25) is 0 Å². The van der Waals surface area contributed by atoms with Crippen molar-refractivity contribution < 1.29 is 8.42 Å². The molecule has 3 N–H and O–H groups in total. The molecule has 1 aliphatic rings. The van der Waals surface area contributed by atoms with E-state index in [9.17, 15) is 13.2 Å². The molecule has 0 aromatic carbocycles. The van der Waals surface area contributed by atoms with E-state index >= 15 is 0 Å². The molecule has 0 spiro atoms. The molecule has 2 rings (SSSR count). The Morgan fingerprint density at radius 2 is 1.93 bits per heavy atom. The Morgan fingerprint density at radius 1 is 1.27 bits per heavy atom. The SMILES string of the molecule is Nc1nc(=O)[nH]c2c1CCS(=O)(=O)CC2. The highest BCUT2D eigenvalue weighted by Crippen LogP contribution is 2.17. The lowest BCUT2D eigenvalue weighted by molar-refractivity contribution is 0.596. The summed E-state index contributed by atoms with van der Waals surface area (Å²) in [5.41, 5.74) is 6.32. The van der Waals surface area contributed by atoms with E-state index in [0.29, 0.717) is 24.1 Å². The second-order valence-corrected chi connectivity index (χ2v) is 5.84. The molecular formula is C8H11N3O3S. The first-order valence-electron chi connectivity index (χ1n) is 4.56. The van der Waals surface area contributed by atoms with E-state index in [1.54, 1.807) is 0 Å². The van der Waals surface area contributed by atoms with Crippen LogP contribution in [0.15, 0.2) is 4.79 Å². The van der Waals surface area contributed by atoms with Crippen molar-refractivity contribution in [3.05, 3.63) is 21.7 Å². The zero-order valence-corrected chi connectivity index (χ0v) is 8.80. The average Bonchev–Trinajstić information content (AvgIpc) is 2.26. The topological polar surface area (TPSA) is 106 Å². The number of H-pyrrole nitrogens is 1. The first-order chi connectivity index (χ1) is 6.98. The van der Waals surface area contributed by atoms with Crippen LogP contribution in [0, 0.1) is 0 Å². The number of anilines is 1. The number of hydrogen-bond acceptors (Lipinski definition) is 5. The molecule has 15 heavy (non-hydrogen) atoms. The molecule has 7 heteroatoms. The largest absolute Gasteiger partial charge is 0.383 e. The monoisotopic (exact) mass is 229 g/mol. The number of nitrogens with two attached hydrogens (primary N) is 1. The molecular weight excluding hydrogens is 218 g/mol. The first kappa shape index (κ1) is 10.2. The van der Waals surface area contributed by atoms with E-state index in [0.717, 1.165) is 0 Å². The van der Waals surface area contributed by atoms with Gasteiger partial charge in [-0.15, -0.1) is 0 Å². The summed E-state index contributed by atoms with van der Waals surface area (Å²) in [5.74, 6) is 0.267. The van der Waals surface area contributed by atoms with Gasteiger partial charge in [0.1, 0.15) is 5.82 Å². The highest BCUT2D eigenvalue weighted by molar-refractivity contribution is 7.91. The smallest absolute Gasteiger partial charge is 0.347 e. The average molecular weight is 229 g/mol. The number of aryl methyl sites for hydroxylation is 1. The maximum Gasteiger partial charge on any atom is 0.347 e. The van der Waals surface area contributed by atoms with E-state index in [2.05, 4.69) is 9.97 Å². The third-order valence-corrected chi connectivity index (χ3v) is 4.13. The highest BCUT2D eigenvalue weighted by Gasteiger charge is 2.21. The van der Waals surface area contributed by atoms with Crippen LogP contribution in [0.25, 0.3) is 0 Å². The van der Waals surface area contributed by atoms with Gasteiger partial charge in [-0.2, -0.15) is 4.98 Å². The summed E-state index contributed by atoms with van der Waals surface area (Å²) in [6.07, 6.45) is 0.632. The lowest BCUT2D eigenvalue weighted by Crippen LogP contribution is -2.18. The van der Waals surface area contributed by atoms with Crippen molar-refractivity contribution in [2.45, 2.75) is 12.8 Å². The highest BCUT2D eigenvalue weighted by atomic mass is 32.2. The van der Waals surface area contributed by atoms with Gasteiger partial charge in [0.05, 0.1) is 11.5 Å². The summed E-state index contributed by atoms with van der Waals surface area (Å²) in [7, 11) is -3.02. The number of nitrogens with one attached hydrogen (secondary N) is 1. The minimum atomic E-state index is -3.02. The standard InChI is InChI=1S/C8H11N3O3S/c9-7-5-1-3-15(13,14)4-2-6(5)10-8(12)11-7/h1-4H2,(H3,9,10,11,12). The van der Waals surface area contributed by atoms with Crippen LogP contribution in [0.3, 0.4) is 0 Å². The number of hydrogen-bond donors (Lipinski definition) is 2. The number of rotatable bonds is 0. The summed E-state index contributed by atoms with van der Waals surface area (Å²) in [6.45, 7) is 0. The lowest BCUT2D eigenvalue weighted by Gasteiger charge is -2.05. The summed E-state index contributed by atoms with van der Waals surface area (Å²) >= 11 is 0. The van der Waals surface area contributed by atoms with Gasteiger partial charge >= 0.3 is 5.69 Å². The number of nitrogens with zero attached hydrogens (tertiary/aromatic N) is 1. The Kier molecular flexibility index (Phi) is 2.26. The minimum absolute atomic E-state index is 0.0550. The Hall–Kier alpha value is -1.37. The summed E-state index contributed by atoms with van der Waals surface area (Å²) in [6, 6.07) is 0. The van der Waals surface area contributed by atoms with E-state index < -0.39 is 15.5 Å². The molecule has 2 heterocycles. The molecule has 6 nitrogen and oxygen atoms in total. The zero-order chi connectivity index (χ0) is 11.1. The fourth-order valence-corrected chi connectivity index (χ4v) is 2.91. The number of sulfone groups is 1. The third kappa shape index (κ3) is 2.01. The second-order valence-electron chi connectivity index (χ2n) is 3.54. The van der Waals surface area contributed by atoms with Gasteiger partial charge in [-0.1, -0.05) is 0 Å². The number of fused-ring (bicyclic) bond motifs is 1. The van der Waals surface area contributed by atoms with Gasteiger partial charge in [0.15, 0.2) is 9.84 Å². The summed E-state index contributed by atoms with van der Waals surface area (Å²) in [4.78, 5) is 17.1. The van der Waals surface area contributed by atoms with Gasteiger partial charge in [-0.3, -0.25) is 0 Å². The molecule has 0 amide bonds. The maximum atomic E-state index is 11.4. The van der Waals surface area contributed by atoms with Crippen molar-refractivity contribution in [2.24, 2.45) is 0 Å². The molecule has 82 valence electrons. The van der Waals surface area contributed by atoms with Gasteiger partial charge in [0.2, 0.25) is 0 Å². The lowest BCUT2D eigenvalue weighted by atomic mass is 10.1. The van der Waals surface area contributed by atoms with Crippen LogP contribution in [0.1, 0.15) is 11.3 Å². The van der Waals surface area contributed by atoms with Gasteiger partial charge < -0.3 is 10.7 Å². The van der Waals surface area contributed by atoms with Crippen LogP contribution >= 0.6 is 0 Å². The van der Waals surface area contributed by atoms with Gasteiger partial charge in [0, 0.05) is 17.7 Å². The van der Waals surface area contributed by atoms with Crippen LogP contribution < -0.4 is 11.4 Å². The van der Waals surface area contributed by atoms with Gasteiger partial charge in [-0.25, -0.2) is 13.2 Å². The van der Waals surface area contributed by atoms with Crippen molar-refractivity contribution in [3.63, 3.8) is 0 Å². The quantitative estimate of drug-likeness (QED) is 0.585. The first-order valence-corrected chi connectivity index (χ1v) is 6.38. The van der Waals surface area contributed by atoms with Crippen LogP contribution in [0.4, 0.5) is 5.82 Å². The van der Waals surface area contributed by atoms with E-state index in [1.807, 2.05) is 0 Å². The van der Waals surface area contributed by atoms with Crippen molar-refractivity contribution in [2.75, 3.05) is 17.2 Å². The predicted octanol–water partition coefficient (Wildman–Crippen LogP) is -1.13. The van der Waals surface area contributed by atoms with Gasteiger partial charge in [-0.05, 0) is 6.42 Å². The Labute approximate surface area is 86.5 Å². The molecule has 0 saturated heterocycles. The fraction of sp³-hybridized carbons (Fsp3) is 0.500. The molecule has 0 bridgehead atoms. The van der Waals surface area contributed by atoms with E-state index in [4.69, 9.17) is 5.73 Å². The Bertz CT molecular complexity index is 547. The van der Waals surface area contributed by atoms with Crippen LogP contribution in [-0.4, -0.2) is 29.9 Å². The molecule has 0 fully saturated rings. The van der Waals surface area contributed by atoms with Crippen LogP contribution in [-0.2, 0) is 22.7 Å². The van der Waals surface area contributed by atoms with Crippen molar-refractivity contribution in [1.29, 1.82) is 0 Å². The predicted molar refractivity (Wildman–Crippen MR) is 55.3 cm³/mol. The molecule has 0 saturated carbocycles. The molecule has 0 aliphatic carbocycles. The summed E-state index contributed by atoms with van der Waals surface area (Å²) in [5, 5.41) is 0. The molecule has 0 radical (unpaired) electrons. The van der Waals surface area contributed by atoms with Crippen LogP contribution in [0.5, 0.6) is 0 Å². The van der Waals surface area contributed by atoms with Gasteiger partial charge in [0.25, 0.3) is 0 Å². The Balaban J connectivity index is 2.53. The number of aromatic nitrogens is 2. The van der Waals surface area contributed by atoms with Crippen molar-refractivity contribution >= 4 is 15.7 Å². The molecule has 1 aromatic heterocycles. The van der Waals surface area contributed by atoms with E-state index in [1.165, 1.54) is 0 Å². The number of aromatic amines is 1. The Morgan fingerprint density at radius 3 is 2.67 bits per heavy atom. The van der Waals surface area contributed by atoms with Crippen molar-refractivity contribution in [1.82, 2.24) is 9.97 Å². The maximum absolute atomic E-state index is 11.4. The molecule has 0 atom stereocenters. The third-order valence-electron chi connectivity index (χ3n) is 2.48. The normalized spacial score (nSPS) is 19.2. The zero-order valence-electron chi connectivity index (χ0n) is 7.99. The fourth-order valence-electron chi connectivity index (χ4n) is 1.67. The second kappa shape index (κ2) is 3.34. The molecule has 1 aromatic rings. The number of nitrogen functional groups attached to an aromatic ring is 1.